The molecule has 104 valence electrons. The normalized spacial score (nSPS) is 16.4. The van der Waals surface area contributed by atoms with Crippen LogP contribution in [-0.4, -0.2) is 60.8 Å². The lowest BCUT2D eigenvalue weighted by Gasteiger charge is -2.19. The maximum Gasteiger partial charge on any atom is 0.308 e. The van der Waals surface area contributed by atoms with E-state index < -0.39 is 12.1 Å². The zero-order valence-corrected chi connectivity index (χ0v) is 11.0. The zero-order chi connectivity index (χ0) is 13.5. The summed E-state index contributed by atoms with van der Waals surface area (Å²) in [5, 5.41) is 12.5. The summed E-state index contributed by atoms with van der Waals surface area (Å²) in [6, 6.07) is 0.343. The van der Waals surface area contributed by atoms with E-state index in [1.165, 1.54) is 0 Å². The van der Waals surface area contributed by atoms with E-state index in [2.05, 4.69) is 5.32 Å². The van der Waals surface area contributed by atoms with Crippen molar-refractivity contribution in [3.8, 4) is 0 Å². The summed E-state index contributed by atoms with van der Waals surface area (Å²) in [6.07, 6.45) is 1.27. The van der Waals surface area contributed by atoms with Crippen molar-refractivity contribution in [2.45, 2.75) is 38.3 Å². The number of aliphatic hydroxyl groups excluding tert-OH is 1. The minimum absolute atomic E-state index is 0.0386. The highest BCUT2D eigenvalue weighted by Crippen LogP contribution is 2.18. The molecule has 0 aliphatic heterocycles. The van der Waals surface area contributed by atoms with Crippen LogP contribution >= 0.6 is 0 Å². The van der Waals surface area contributed by atoms with Crippen LogP contribution in [0.1, 0.15) is 26.2 Å². The molecule has 1 aliphatic rings. The Bertz CT molecular complexity index is 292. The number of hydrogen-bond acceptors (Lipinski definition) is 5. The van der Waals surface area contributed by atoms with E-state index >= 15 is 0 Å². The number of hydrogen-bond donors (Lipinski definition) is 2. The van der Waals surface area contributed by atoms with Gasteiger partial charge in [0.15, 0.2) is 0 Å². The molecular formula is C12H22N2O4. The maximum atomic E-state index is 11.5. The molecule has 1 aliphatic carbocycles. The van der Waals surface area contributed by atoms with Gasteiger partial charge in [0.25, 0.3) is 0 Å². The SMILES string of the molecule is CCOC(=O)CC(O)CN(C)CC(=O)NC1CC1. The van der Waals surface area contributed by atoms with Gasteiger partial charge in [0.1, 0.15) is 0 Å². The summed E-state index contributed by atoms with van der Waals surface area (Å²) >= 11 is 0. The molecule has 0 aromatic rings. The number of nitrogens with zero attached hydrogens (tertiary/aromatic N) is 1. The standard InChI is InChI=1S/C12H22N2O4/c1-3-18-12(17)6-10(15)7-14(2)8-11(16)13-9-4-5-9/h9-10,15H,3-8H2,1-2H3,(H,13,16). The van der Waals surface area contributed by atoms with Gasteiger partial charge in [-0.3, -0.25) is 14.5 Å². The average Bonchev–Trinajstić information content (AvgIpc) is 3.00. The van der Waals surface area contributed by atoms with Crippen LogP contribution in [-0.2, 0) is 14.3 Å². The molecule has 1 atom stereocenters. The second kappa shape index (κ2) is 7.33. The Hall–Kier alpha value is -1.14. The Kier molecular flexibility index (Phi) is 6.07. The first-order valence-electron chi connectivity index (χ1n) is 6.32. The highest BCUT2D eigenvalue weighted by molar-refractivity contribution is 5.78. The minimum Gasteiger partial charge on any atom is -0.466 e. The van der Waals surface area contributed by atoms with Crippen molar-refractivity contribution >= 4 is 11.9 Å². The van der Waals surface area contributed by atoms with Crippen molar-refractivity contribution < 1.29 is 19.4 Å². The topological polar surface area (TPSA) is 78.9 Å². The highest BCUT2D eigenvalue weighted by atomic mass is 16.5. The molecule has 0 spiro atoms. The predicted molar refractivity (Wildman–Crippen MR) is 65.9 cm³/mol. The number of carbonyl (C=O) groups is 2. The van der Waals surface area contributed by atoms with E-state index in [-0.39, 0.29) is 25.4 Å². The van der Waals surface area contributed by atoms with Gasteiger partial charge in [-0.2, -0.15) is 0 Å². The molecule has 0 aromatic heterocycles. The second-order valence-corrected chi connectivity index (χ2v) is 4.70. The molecule has 1 amide bonds. The highest BCUT2D eigenvalue weighted by Gasteiger charge is 2.24. The molecule has 6 heteroatoms. The van der Waals surface area contributed by atoms with Crippen molar-refractivity contribution in [1.82, 2.24) is 10.2 Å². The number of aliphatic hydroxyl groups is 1. The number of carbonyl (C=O) groups excluding carboxylic acids is 2. The van der Waals surface area contributed by atoms with Gasteiger partial charge >= 0.3 is 5.97 Å². The van der Waals surface area contributed by atoms with Crippen molar-refractivity contribution in [2.75, 3.05) is 26.7 Å². The third-order valence-electron chi connectivity index (χ3n) is 2.59. The third kappa shape index (κ3) is 6.56. The zero-order valence-electron chi connectivity index (χ0n) is 11.0. The number of likely N-dealkylation sites (N-methyl/N-ethyl adjacent to an activating group) is 1. The molecule has 0 aromatic carbocycles. The lowest BCUT2D eigenvalue weighted by molar-refractivity contribution is -0.145. The van der Waals surface area contributed by atoms with Crippen LogP contribution in [0.3, 0.4) is 0 Å². The number of ether oxygens (including phenoxy) is 1. The molecule has 1 unspecified atom stereocenters. The van der Waals surface area contributed by atoms with Gasteiger partial charge < -0.3 is 15.2 Å². The van der Waals surface area contributed by atoms with E-state index in [0.717, 1.165) is 12.8 Å². The molecule has 0 bridgehead atoms. The summed E-state index contributed by atoms with van der Waals surface area (Å²) in [6.45, 7) is 2.54. The summed E-state index contributed by atoms with van der Waals surface area (Å²) in [5.41, 5.74) is 0. The molecule has 18 heavy (non-hydrogen) atoms. The molecular weight excluding hydrogens is 236 g/mol. The monoisotopic (exact) mass is 258 g/mol. The van der Waals surface area contributed by atoms with Crippen LogP contribution in [0.15, 0.2) is 0 Å². The van der Waals surface area contributed by atoms with Gasteiger partial charge in [-0.15, -0.1) is 0 Å². The fourth-order valence-corrected chi connectivity index (χ4v) is 1.65. The lowest BCUT2D eigenvalue weighted by atomic mass is 10.2. The summed E-state index contributed by atoms with van der Waals surface area (Å²) in [4.78, 5) is 24.3. The molecule has 1 fully saturated rings. The van der Waals surface area contributed by atoms with Gasteiger partial charge in [0.2, 0.25) is 5.91 Å². The first-order valence-corrected chi connectivity index (χ1v) is 6.32. The van der Waals surface area contributed by atoms with Crippen molar-refractivity contribution in [3.63, 3.8) is 0 Å². The Morgan fingerprint density at radius 2 is 2.17 bits per heavy atom. The largest absolute Gasteiger partial charge is 0.466 e. The first kappa shape index (κ1) is 14.9. The van der Waals surface area contributed by atoms with Gasteiger partial charge in [-0.1, -0.05) is 0 Å². The van der Waals surface area contributed by atoms with E-state index in [4.69, 9.17) is 4.74 Å². The van der Waals surface area contributed by atoms with E-state index in [1.54, 1.807) is 18.9 Å². The Labute approximate surface area is 107 Å². The Morgan fingerprint density at radius 3 is 2.72 bits per heavy atom. The fraction of sp³-hybridized carbons (Fsp3) is 0.833. The number of nitrogens with one attached hydrogen (secondary N) is 1. The Balaban J connectivity index is 2.15. The summed E-state index contributed by atoms with van der Waals surface area (Å²) < 4.78 is 4.74. The van der Waals surface area contributed by atoms with E-state index in [0.29, 0.717) is 12.6 Å². The molecule has 0 radical (unpaired) electrons. The van der Waals surface area contributed by atoms with Crippen molar-refractivity contribution in [3.05, 3.63) is 0 Å². The summed E-state index contributed by atoms with van der Waals surface area (Å²) in [5.74, 6) is -0.454. The summed E-state index contributed by atoms with van der Waals surface area (Å²) in [7, 11) is 1.74. The van der Waals surface area contributed by atoms with E-state index in [9.17, 15) is 14.7 Å². The van der Waals surface area contributed by atoms with Crippen LogP contribution in [0.2, 0.25) is 0 Å². The fourth-order valence-electron chi connectivity index (χ4n) is 1.65. The Morgan fingerprint density at radius 1 is 1.50 bits per heavy atom. The van der Waals surface area contributed by atoms with Gasteiger partial charge in [0.05, 0.1) is 25.7 Å². The van der Waals surface area contributed by atoms with Crippen LogP contribution in [0.25, 0.3) is 0 Å². The second-order valence-electron chi connectivity index (χ2n) is 4.70. The predicted octanol–water partition coefficient (Wildman–Crippen LogP) is -0.489. The van der Waals surface area contributed by atoms with Crippen LogP contribution < -0.4 is 5.32 Å². The van der Waals surface area contributed by atoms with Crippen LogP contribution in [0, 0.1) is 0 Å². The van der Waals surface area contributed by atoms with E-state index in [1.807, 2.05) is 0 Å². The van der Waals surface area contributed by atoms with Gasteiger partial charge in [-0.25, -0.2) is 0 Å². The molecule has 0 saturated heterocycles. The van der Waals surface area contributed by atoms with Crippen molar-refractivity contribution in [2.24, 2.45) is 0 Å². The van der Waals surface area contributed by atoms with Gasteiger partial charge in [-0.05, 0) is 26.8 Å². The molecule has 6 nitrogen and oxygen atoms in total. The minimum atomic E-state index is -0.803. The van der Waals surface area contributed by atoms with Crippen LogP contribution in [0.4, 0.5) is 0 Å². The number of esters is 1. The lowest BCUT2D eigenvalue weighted by Crippen LogP contribution is -2.39. The van der Waals surface area contributed by atoms with Crippen molar-refractivity contribution in [1.29, 1.82) is 0 Å². The molecule has 0 heterocycles. The number of rotatable bonds is 8. The average molecular weight is 258 g/mol. The molecule has 1 saturated carbocycles. The molecule has 2 N–H and O–H groups in total. The third-order valence-corrected chi connectivity index (χ3v) is 2.59. The van der Waals surface area contributed by atoms with Crippen LogP contribution in [0.5, 0.6) is 0 Å². The number of amides is 1. The maximum absolute atomic E-state index is 11.5. The molecule has 1 rings (SSSR count). The quantitative estimate of drug-likeness (QED) is 0.574. The first-order chi connectivity index (χ1) is 8.51. The smallest absolute Gasteiger partial charge is 0.308 e. The van der Waals surface area contributed by atoms with Gasteiger partial charge in [0, 0.05) is 12.6 Å².